The number of carboxylic acid groups (broad SMARTS) is 1. The van der Waals surface area contributed by atoms with E-state index in [4.69, 9.17) is 9.84 Å². The molecule has 156 valence electrons. The highest BCUT2D eigenvalue weighted by atomic mass is 16.5. The first-order valence-corrected chi connectivity index (χ1v) is 10.9. The molecule has 4 aliphatic rings. The molecule has 0 aromatic heterocycles. The van der Waals surface area contributed by atoms with E-state index in [1.165, 1.54) is 38.5 Å². The van der Waals surface area contributed by atoms with Gasteiger partial charge in [-0.05, 0) is 103 Å². The van der Waals surface area contributed by atoms with E-state index in [2.05, 4.69) is 6.07 Å². The number of phenols is 1. The van der Waals surface area contributed by atoms with Crippen molar-refractivity contribution in [3.63, 3.8) is 0 Å². The van der Waals surface area contributed by atoms with Gasteiger partial charge in [0.2, 0.25) is 0 Å². The molecule has 0 heterocycles. The number of hydrogen-bond donors (Lipinski definition) is 2. The zero-order valence-corrected chi connectivity index (χ0v) is 17.3. The molecule has 4 nitrogen and oxygen atoms in total. The Hall–Kier alpha value is -2.75. The molecule has 0 saturated heterocycles. The van der Waals surface area contributed by atoms with E-state index in [1.54, 1.807) is 13.2 Å². The summed E-state index contributed by atoms with van der Waals surface area (Å²) >= 11 is 0. The Morgan fingerprint density at radius 2 is 1.60 bits per heavy atom. The predicted octanol–water partition coefficient (Wildman–Crippen LogP) is 5.63. The molecular formula is C26H28O4. The Bertz CT molecular complexity index is 984. The van der Waals surface area contributed by atoms with Crippen LogP contribution >= 0.6 is 0 Å². The molecular weight excluding hydrogens is 376 g/mol. The number of phenolic OH excluding ortho intramolecular Hbond substituents is 1. The van der Waals surface area contributed by atoms with Crippen LogP contribution in [0.2, 0.25) is 0 Å². The molecule has 0 amide bonds. The molecule has 30 heavy (non-hydrogen) atoms. The van der Waals surface area contributed by atoms with Gasteiger partial charge in [-0.15, -0.1) is 0 Å². The summed E-state index contributed by atoms with van der Waals surface area (Å²) in [7, 11) is 1.58. The third-order valence-corrected chi connectivity index (χ3v) is 7.57. The van der Waals surface area contributed by atoms with Crippen molar-refractivity contribution in [3.05, 3.63) is 53.6 Å². The van der Waals surface area contributed by atoms with Gasteiger partial charge < -0.3 is 14.9 Å². The quantitative estimate of drug-likeness (QED) is 0.634. The fraction of sp³-hybridized carbons (Fsp3) is 0.423. The van der Waals surface area contributed by atoms with Crippen LogP contribution in [-0.4, -0.2) is 23.3 Å². The number of aromatic hydroxyl groups is 1. The van der Waals surface area contributed by atoms with Gasteiger partial charge in [0.05, 0.1) is 7.11 Å². The maximum absolute atomic E-state index is 11.0. The van der Waals surface area contributed by atoms with Gasteiger partial charge >= 0.3 is 5.97 Å². The van der Waals surface area contributed by atoms with Crippen molar-refractivity contribution in [2.75, 3.05) is 7.11 Å². The second kappa shape index (κ2) is 7.19. The van der Waals surface area contributed by atoms with Crippen molar-refractivity contribution < 1.29 is 19.7 Å². The minimum Gasteiger partial charge on any atom is -0.508 e. The molecule has 4 bridgehead atoms. The number of ether oxygens (including phenoxy) is 1. The van der Waals surface area contributed by atoms with Crippen molar-refractivity contribution in [2.45, 2.75) is 43.9 Å². The van der Waals surface area contributed by atoms with E-state index in [-0.39, 0.29) is 5.41 Å². The molecule has 4 aliphatic carbocycles. The normalized spacial score (nSPS) is 29.4. The maximum atomic E-state index is 11.0. The first-order chi connectivity index (χ1) is 14.5. The topological polar surface area (TPSA) is 66.8 Å². The van der Waals surface area contributed by atoms with Crippen molar-refractivity contribution >= 4 is 12.0 Å². The van der Waals surface area contributed by atoms with Gasteiger partial charge in [-0.25, -0.2) is 4.79 Å². The SMILES string of the molecule is COc1ccc(-c2ccc(O)c(C34CC5CC(CC(C5)C3)C4)c2)cc1C=CC(=O)O. The molecule has 0 spiro atoms. The van der Waals surface area contributed by atoms with Crippen LogP contribution in [0.25, 0.3) is 17.2 Å². The minimum absolute atomic E-state index is 0.118. The molecule has 2 aromatic carbocycles. The Kier molecular flexibility index (Phi) is 4.61. The lowest BCUT2D eigenvalue weighted by Gasteiger charge is -2.57. The highest BCUT2D eigenvalue weighted by molar-refractivity contribution is 5.86. The lowest BCUT2D eigenvalue weighted by Crippen LogP contribution is -2.48. The number of carbonyl (C=O) groups is 1. The lowest BCUT2D eigenvalue weighted by atomic mass is 9.48. The third kappa shape index (κ3) is 3.28. The van der Waals surface area contributed by atoms with Crippen molar-refractivity contribution in [1.82, 2.24) is 0 Å². The van der Waals surface area contributed by atoms with Crippen molar-refractivity contribution in [2.24, 2.45) is 17.8 Å². The molecule has 4 heteroatoms. The van der Waals surface area contributed by atoms with E-state index in [9.17, 15) is 9.90 Å². The average molecular weight is 405 g/mol. The molecule has 2 aromatic rings. The van der Waals surface area contributed by atoms with Gasteiger partial charge in [-0.3, -0.25) is 0 Å². The van der Waals surface area contributed by atoms with E-state index < -0.39 is 5.97 Å². The summed E-state index contributed by atoms with van der Waals surface area (Å²) < 4.78 is 5.39. The van der Waals surface area contributed by atoms with Crippen LogP contribution < -0.4 is 4.74 Å². The van der Waals surface area contributed by atoms with Gasteiger partial charge in [0.15, 0.2) is 0 Å². The van der Waals surface area contributed by atoms with Crippen LogP contribution in [0, 0.1) is 17.8 Å². The molecule has 4 fully saturated rings. The second-order valence-corrected chi connectivity index (χ2v) is 9.56. The van der Waals surface area contributed by atoms with E-state index in [0.717, 1.165) is 46.1 Å². The summed E-state index contributed by atoms with van der Waals surface area (Å²) in [6.45, 7) is 0. The lowest BCUT2D eigenvalue weighted by molar-refractivity contribution is -0.131. The molecule has 0 atom stereocenters. The largest absolute Gasteiger partial charge is 0.508 e. The van der Waals surface area contributed by atoms with Crippen LogP contribution in [0.15, 0.2) is 42.5 Å². The summed E-state index contributed by atoms with van der Waals surface area (Å²) in [5, 5.41) is 19.8. The fourth-order valence-corrected chi connectivity index (χ4v) is 6.79. The Labute approximate surface area is 177 Å². The van der Waals surface area contributed by atoms with Gasteiger partial charge in [0.25, 0.3) is 0 Å². The molecule has 0 unspecified atom stereocenters. The minimum atomic E-state index is -0.990. The summed E-state index contributed by atoms with van der Waals surface area (Å²) in [5.74, 6) is 2.50. The van der Waals surface area contributed by atoms with E-state index in [1.807, 2.05) is 30.3 Å². The van der Waals surface area contributed by atoms with Crippen LogP contribution in [-0.2, 0) is 10.2 Å². The number of benzene rings is 2. The Morgan fingerprint density at radius 1 is 1.00 bits per heavy atom. The number of hydrogen-bond acceptors (Lipinski definition) is 3. The van der Waals surface area contributed by atoms with Crippen LogP contribution in [0.4, 0.5) is 0 Å². The second-order valence-electron chi connectivity index (χ2n) is 9.56. The van der Waals surface area contributed by atoms with E-state index >= 15 is 0 Å². The van der Waals surface area contributed by atoms with Crippen LogP contribution in [0.3, 0.4) is 0 Å². The molecule has 6 rings (SSSR count). The predicted molar refractivity (Wildman–Crippen MR) is 117 cm³/mol. The zero-order chi connectivity index (χ0) is 20.9. The molecule has 0 radical (unpaired) electrons. The summed E-state index contributed by atoms with van der Waals surface area (Å²) in [5.41, 5.74) is 3.99. The summed E-state index contributed by atoms with van der Waals surface area (Å²) in [4.78, 5) is 11.0. The number of aliphatic carboxylic acids is 1. The highest BCUT2D eigenvalue weighted by Gasteiger charge is 2.52. The highest BCUT2D eigenvalue weighted by Crippen LogP contribution is 2.62. The molecule has 0 aliphatic heterocycles. The Morgan fingerprint density at radius 3 is 2.20 bits per heavy atom. The fourth-order valence-electron chi connectivity index (χ4n) is 6.79. The monoisotopic (exact) mass is 404 g/mol. The van der Waals surface area contributed by atoms with Crippen LogP contribution in [0.5, 0.6) is 11.5 Å². The van der Waals surface area contributed by atoms with E-state index in [0.29, 0.717) is 11.5 Å². The first kappa shape index (κ1) is 19.2. The third-order valence-electron chi connectivity index (χ3n) is 7.57. The molecule has 2 N–H and O–H groups in total. The standard InChI is InChI=1S/C26H28O4/c1-30-24-6-3-19(11-21(24)4-7-25(28)29)20-2-5-23(27)22(12-20)26-13-16-8-17(14-26)10-18(9-16)15-26/h2-7,11-12,16-18,27H,8-10,13-15H2,1H3,(H,28,29). The van der Waals surface area contributed by atoms with Gasteiger partial charge in [0, 0.05) is 17.2 Å². The average Bonchev–Trinajstić information content (AvgIpc) is 2.71. The van der Waals surface area contributed by atoms with Gasteiger partial charge in [-0.2, -0.15) is 0 Å². The number of carboxylic acids is 1. The van der Waals surface area contributed by atoms with Crippen molar-refractivity contribution in [3.8, 4) is 22.6 Å². The maximum Gasteiger partial charge on any atom is 0.328 e. The van der Waals surface area contributed by atoms with Gasteiger partial charge in [-0.1, -0.05) is 12.1 Å². The number of methoxy groups -OCH3 is 1. The van der Waals surface area contributed by atoms with Crippen molar-refractivity contribution in [1.29, 1.82) is 0 Å². The number of rotatable bonds is 5. The summed E-state index contributed by atoms with van der Waals surface area (Å²) in [6.07, 6.45) is 10.4. The Balaban J connectivity index is 1.54. The molecule has 4 saturated carbocycles. The van der Waals surface area contributed by atoms with Gasteiger partial charge in [0.1, 0.15) is 11.5 Å². The van der Waals surface area contributed by atoms with Crippen LogP contribution in [0.1, 0.15) is 49.7 Å². The summed E-state index contributed by atoms with van der Waals surface area (Å²) in [6, 6.07) is 11.8. The first-order valence-electron chi connectivity index (χ1n) is 10.9. The smallest absolute Gasteiger partial charge is 0.328 e. The zero-order valence-electron chi connectivity index (χ0n) is 17.3.